The Balaban J connectivity index is 1.75. The second kappa shape index (κ2) is 11.8. The molecule has 7 nitrogen and oxygen atoms in total. The van der Waals surface area contributed by atoms with Gasteiger partial charge < -0.3 is 25.4 Å². The van der Waals surface area contributed by atoms with Crippen molar-refractivity contribution >= 4 is 11.9 Å². The summed E-state index contributed by atoms with van der Waals surface area (Å²) in [6, 6.07) is 8.23. The smallest absolute Gasteiger partial charge is 0.258 e. The SMILES string of the molecule is CCNC(=NCC(OC)C(C)(C)C)NCCc1ccc(OCC(=O)NC2CC2)cc1. The Kier molecular flexibility index (Phi) is 9.43. The maximum absolute atomic E-state index is 11.7. The van der Waals surface area contributed by atoms with Crippen LogP contribution in [0.4, 0.5) is 0 Å². The van der Waals surface area contributed by atoms with Crippen molar-refractivity contribution in [2.24, 2.45) is 10.4 Å². The second-order valence-corrected chi connectivity index (χ2v) is 8.76. The van der Waals surface area contributed by atoms with Crippen molar-refractivity contribution in [3.8, 4) is 5.75 Å². The number of hydrogen-bond acceptors (Lipinski definition) is 4. The molecular weight excluding hydrogens is 380 g/mol. The highest BCUT2D eigenvalue weighted by Crippen LogP contribution is 2.22. The Morgan fingerprint density at radius 1 is 1.20 bits per heavy atom. The number of guanidine groups is 1. The van der Waals surface area contributed by atoms with Crippen molar-refractivity contribution in [1.82, 2.24) is 16.0 Å². The summed E-state index contributed by atoms with van der Waals surface area (Å²) in [6.45, 7) is 10.8. The van der Waals surface area contributed by atoms with Crippen molar-refractivity contribution in [3.05, 3.63) is 29.8 Å². The van der Waals surface area contributed by atoms with E-state index in [1.54, 1.807) is 7.11 Å². The quantitative estimate of drug-likeness (QED) is 0.380. The summed E-state index contributed by atoms with van der Waals surface area (Å²) >= 11 is 0. The topological polar surface area (TPSA) is 84.0 Å². The Hall–Kier alpha value is -2.28. The fraction of sp³-hybridized carbons (Fsp3) is 0.652. The Labute approximate surface area is 181 Å². The van der Waals surface area contributed by atoms with Gasteiger partial charge in [-0.1, -0.05) is 32.9 Å². The molecule has 1 aromatic carbocycles. The molecule has 1 aliphatic rings. The van der Waals surface area contributed by atoms with Crippen molar-refractivity contribution in [2.45, 2.75) is 59.1 Å². The summed E-state index contributed by atoms with van der Waals surface area (Å²) in [5, 5.41) is 9.57. The van der Waals surface area contributed by atoms with Gasteiger partial charge in [0.1, 0.15) is 5.75 Å². The van der Waals surface area contributed by atoms with E-state index in [0.717, 1.165) is 38.3 Å². The molecule has 30 heavy (non-hydrogen) atoms. The normalized spacial score (nSPS) is 15.4. The highest BCUT2D eigenvalue weighted by Gasteiger charge is 2.24. The summed E-state index contributed by atoms with van der Waals surface area (Å²) in [5.74, 6) is 1.45. The molecule has 0 spiro atoms. The highest BCUT2D eigenvalue weighted by molar-refractivity contribution is 5.79. The lowest BCUT2D eigenvalue weighted by Crippen LogP contribution is -2.40. The first-order valence-corrected chi connectivity index (χ1v) is 10.9. The van der Waals surface area contributed by atoms with Crippen LogP contribution in [0.25, 0.3) is 0 Å². The summed E-state index contributed by atoms with van der Waals surface area (Å²) in [4.78, 5) is 16.4. The van der Waals surface area contributed by atoms with E-state index >= 15 is 0 Å². The van der Waals surface area contributed by atoms with E-state index in [-0.39, 0.29) is 24.0 Å². The summed E-state index contributed by atoms with van der Waals surface area (Å²) in [6.07, 6.45) is 3.09. The van der Waals surface area contributed by atoms with E-state index in [2.05, 4.69) is 48.6 Å². The third-order valence-corrected chi connectivity index (χ3v) is 4.95. The first kappa shape index (κ1) is 24.0. The number of amides is 1. The third-order valence-electron chi connectivity index (χ3n) is 4.95. The Morgan fingerprint density at radius 2 is 1.90 bits per heavy atom. The van der Waals surface area contributed by atoms with Crippen LogP contribution in [0, 0.1) is 5.41 Å². The largest absolute Gasteiger partial charge is 0.484 e. The molecule has 3 N–H and O–H groups in total. The zero-order chi connectivity index (χ0) is 22.0. The van der Waals surface area contributed by atoms with E-state index in [9.17, 15) is 4.79 Å². The van der Waals surface area contributed by atoms with Crippen LogP contribution in [0.15, 0.2) is 29.3 Å². The van der Waals surface area contributed by atoms with Crippen LogP contribution in [-0.2, 0) is 16.0 Å². The summed E-state index contributed by atoms with van der Waals surface area (Å²) in [5.41, 5.74) is 1.23. The van der Waals surface area contributed by atoms with Gasteiger partial charge in [-0.25, -0.2) is 0 Å². The molecule has 168 valence electrons. The average Bonchev–Trinajstić information content (AvgIpc) is 3.50. The first-order chi connectivity index (χ1) is 14.3. The van der Waals surface area contributed by atoms with Crippen molar-refractivity contribution in [2.75, 3.05) is 33.4 Å². The van der Waals surface area contributed by atoms with E-state index < -0.39 is 0 Å². The van der Waals surface area contributed by atoms with Crippen LogP contribution in [0.2, 0.25) is 0 Å². The lowest BCUT2D eigenvalue weighted by atomic mass is 9.89. The number of carbonyl (C=O) groups is 1. The predicted octanol–water partition coefficient (Wildman–Crippen LogP) is 2.50. The van der Waals surface area contributed by atoms with Gasteiger partial charge in [-0.05, 0) is 49.3 Å². The lowest BCUT2D eigenvalue weighted by Gasteiger charge is -2.28. The van der Waals surface area contributed by atoms with Gasteiger partial charge in [-0.2, -0.15) is 0 Å². The average molecular weight is 419 g/mol. The van der Waals surface area contributed by atoms with Crippen LogP contribution in [0.5, 0.6) is 5.75 Å². The van der Waals surface area contributed by atoms with E-state index in [4.69, 9.17) is 9.47 Å². The van der Waals surface area contributed by atoms with Crippen LogP contribution in [0.3, 0.4) is 0 Å². The molecule has 1 aliphatic carbocycles. The van der Waals surface area contributed by atoms with Gasteiger partial charge in [0.15, 0.2) is 12.6 Å². The number of ether oxygens (including phenoxy) is 2. The second-order valence-electron chi connectivity index (χ2n) is 8.76. The zero-order valence-corrected chi connectivity index (χ0v) is 19.1. The molecule has 1 unspecified atom stereocenters. The molecule has 0 radical (unpaired) electrons. The van der Waals surface area contributed by atoms with Crippen molar-refractivity contribution in [1.29, 1.82) is 0 Å². The molecular formula is C23H38N4O3. The van der Waals surface area contributed by atoms with Crippen molar-refractivity contribution in [3.63, 3.8) is 0 Å². The third kappa shape index (κ3) is 9.03. The standard InChI is InChI=1S/C23H38N4O3/c1-6-24-22(26-15-20(29-5)23(2,3)4)25-14-13-17-7-11-19(12-8-17)30-16-21(28)27-18-9-10-18/h7-8,11-12,18,20H,6,9-10,13-16H2,1-5H3,(H,27,28)(H2,24,25,26). The van der Waals surface area contributed by atoms with Gasteiger partial charge in [-0.15, -0.1) is 0 Å². The van der Waals surface area contributed by atoms with E-state index in [0.29, 0.717) is 18.3 Å². The molecule has 0 saturated heterocycles. The van der Waals surface area contributed by atoms with Crippen LogP contribution >= 0.6 is 0 Å². The van der Waals surface area contributed by atoms with Gasteiger partial charge >= 0.3 is 0 Å². The minimum atomic E-state index is -0.0526. The number of carbonyl (C=O) groups excluding carboxylic acids is 1. The molecule has 1 amide bonds. The molecule has 0 aliphatic heterocycles. The maximum Gasteiger partial charge on any atom is 0.258 e. The lowest BCUT2D eigenvalue weighted by molar-refractivity contribution is -0.123. The molecule has 7 heteroatoms. The molecule has 1 saturated carbocycles. The Bertz CT molecular complexity index is 679. The van der Waals surface area contributed by atoms with Crippen molar-refractivity contribution < 1.29 is 14.3 Å². The van der Waals surface area contributed by atoms with Crippen LogP contribution in [-0.4, -0.2) is 57.4 Å². The molecule has 0 heterocycles. The van der Waals surface area contributed by atoms with Gasteiger partial charge in [0, 0.05) is 26.2 Å². The maximum atomic E-state index is 11.7. The highest BCUT2D eigenvalue weighted by atomic mass is 16.5. The molecule has 1 aromatic rings. The number of nitrogens with one attached hydrogen (secondary N) is 3. The summed E-state index contributed by atoms with van der Waals surface area (Å²) in [7, 11) is 1.73. The summed E-state index contributed by atoms with van der Waals surface area (Å²) < 4.78 is 11.1. The van der Waals surface area contributed by atoms with Crippen LogP contribution in [0.1, 0.15) is 46.1 Å². The van der Waals surface area contributed by atoms with Crippen LogP contribution < -0.4 is 20.7 Å². The molecule has 2 rings (SSSR count). The number of nitrogens with zero attached hydrogens (tertiary/aromatic N) is 1. The fourth-order valence-corrected chi connectivity index (χ4v) is 2.94. The number of rotatable bonds is 11. The first-order valence-electron chi connectivity index (χ1n) is 10.9. The number of benzene rings is 1. The van der Waals surface area contributed by atoms with Gasteiger partial charge in [0.25, 0.3) is 5.91 Å². The monoisotopic (exact) mass is 418 g/mol. The number of methoxy groups -OCH3 is 1. The molecule has 1 atom stereocenters. The molecule has 0 aromatic heterocycles. The van der Waals surface area contributed by atoms with E-state index in [1.807, 2.05) is 24.3 Å². The number of hydrogen-bond donors (Lipinski definition) is 3. The van der Waals surface area contributed by atoms with E-state index in [1.165, 1.54) is 5.56 Å². The fourth-order valence-electron chi connectivity index (χ4n) is 2.94. The van der Waals surface area contributed by atoms with Gasteiger partial charge in [-0.3, -0.25) is 9.79 Å². The minimum Gasteiger partial charge on any atom is -0.484 e. The Morgan fingerprint density at radius 3 is 2.47 bits per heavy atom. The van der Waals surface area contributed by atoms with Gasteiger partial charge in [0.05, 0.1) is 12.6 Å². The molecule has 0 bridgehead atoms. The molecule has 1 fully saturated rings. The zero-order valence-electron chi connectivity index (χ0n) is 19.1. The van der Waals surface area contributed by atoms with Gasteiger partial charge in [0.2, 0.25) is 0 Å². The number of aliphatic imine (C=N–C) groups is 1. The minimum absolute atomic E-state index is 0.0396. The predicted molar refractivity (Wildman–Crippen MR) is 121 cm³/mol.